The Balaban J connectivity index is 2.08. The van der Waals surface area contributed by atoms with E-state index in [0.29, 0.717) is 10.2 Å². The smallest absolute Gasteiger partial charge is 0.335 e. The number of aromatic carboxylic acids is 1. The number of anilines is 1. The first kappa shape index (κ1) is 14.8. The highest BCUT2D eigenvalue weighted by Crippen LogP contribution is 2.24. The summed E-state index contributed by atoms with van der Waals surface area (Å²) in [5, 5.41) is 11.8. The quantitative estimate of drug-likeness (QED) is 0.883. The van der Waals surface area contributed by atoms with Gasteiger partial charge in [-0.1, -0.05) is 28.8 Å². The lowest BCUT2D eigenvalue weighted by atomic mass is 10.2. The zero-order valence-corrected chi connectivity index (χ0v) is 12.8. The Hall–Kier alpha value is -1.56. The summed E-state index contributed by atoms with van der Waals surface area (Å²) < 4.78 is 0.621. The maximum absolute atomic E-state index is 12.1. The van der Waals surface area contributed by atoms with Gasteiger partial charge in [0, 0.05) is 23.2 Å². The summed E-state index contributed by atoms with van der Waals surface area (Å²) in [6.45, 7) is 0. The van der Waals surface area contributed by atoms with E-state index >= 15 is 0 Å². The highest BCUT2D eigenvalue weighted by atomic mass is 79.9. The van der Waals surface area contributed by atoms with Gasteiger partial charge in [-0.3, -0.25) is 0 Å². The maximum Gasteiger partial charge on any atom is 0.335 e. The molecule has 0 spiro atoms. The molecule has 5 nitrogen and oxygen atoms in total. The number of carboxylic acid groups (broad SMARTS) is 1. The standard InChI is InChI=1S/C14H17BrN2O3/c1-17(12-4-2-3-5-12)14(20)16-11-7-9(13(18)19)6-10(15)8-11/h6-8,12H,2-5H2,1H3,(H,16,20)(H,18,19). The van der Waals surface area contributed by atoms with Gasteiger partial charge in [-0.05, 0) is 31.0 Å². The van der Waals surface area contributed by atoms with E-state index < -0.39 is 5.97 Å². The summed E-state index contributed by atoms with van der Waals surface area (Å²) in [7, 11) is 1.78. The minimum Gasteiger partial charge on any atom is -0.478 e. The van der Waals surface area contributed by atoms with Crippen molar-refractivity contribution in [2.24, 2.45) is 0 Å². The number of carbonyl (C=O) groups is 2. The number of nitrogens with one attached hydrogen (secondary N) is 1. The summed E-state index contributed by atoms with van der Waals surface area (Å²) in [5.74, 6) is -1.02. The van der Waals surface area contributed by atoms with Gasteiger partial charge in [0.1, 0.15) is 0 Å². The van der Waals surface area contributed by atoms with E-state index in [9.17, 15) is 9.59 Å². The van der Waals surface area contributed by atoms with Crippen LogP contribution in [0.1, 0.15) is 36.0 Å². The first-order chi connectivity index (χ1) is 9.47. The van der Waals surface area contributed by atoms with Gasteiger partial charge < -0.3 is 15.3 Å². The molecule has 0 bridgehead atoms. The Labute approximate surface area is 126 Å². The summed E-state index contributed by atoms with van der Waals surface area (Å²) in [4.78, 5) is 24.8. The number of hydrogen-bond acceptors (Lipinski definition) is 2. The highest BCUT2D eigenvalue weighted by Gasteiger charge is 2.23. The van der Waals surface area contributed by atoms with Crippen LogP contribution in [-0.2, 0) is 0 Å². The normalized spacial score (nSPS) is 15.1. The predicted octanol–water partition coefficient (Wildman–Crippen LogP) is 3.55. The molecule has 0 heterocycles. The molecule has 1 saturated carbocycles. The van der Waals surface area contributed by atoms with Gasteiger partial charge >= 0.3 is 12.0 Å². The van der Waals surface area contributed by atoms with E-state index in [-0.39, 0.29) is 17.6 Å². The van der Waals surface area contributed by atoms with Crippen molar-refractivity contribution in [3.05, 3.63) is 28.2 Å². The van der Waals surface area contributed by atoms with Crippen LogP contribution in [-0.4, -0.2) is 35.1 Å². The van der Waals surface area contributed by atoms with Crippen LogP contribution in [0.2, 0.25) is 0 Å². The van der Waals surface area contributed by atoms with Crippen molar-refractivity contribution in [2.75, 3.05) is 12.4 Å². The van der Waals surface area contributed by atoms with Gasteiger partial charge in [0.05, 0.1) is 5.56 Å². The lowest BCUT2D eigenvalue weighted by molar-refractivity contribution is 0.0696. The van der Waals surface area contributed by atoms with Crippen molar-refractivity contribution in [1.82, 2.24) is 4.90 Å². The average Bonchev–Trinajstić information content (AvgIpc) is 2.90. The number of rotatable bonds is 3. The number of urea groups is 1. The van der Waals surface area contributed by atoms with Crippen LogP contribution in [0.5, 0.6) is 0 Å². The van der Waals surface area contributed by atoms with Crippen molar-refractivity contribution in [3.8, 4) is 0 Å². The molecule has 1 fully saturated rings. The summed E-state index contributed by atoms with van der Waals surface area (Å²) >= 11 is 3.25. The van der Waals surface area contributed by atoms with E-state index in [4.69, 9.17) is 5.11 Å². The molecule has 0 atom stereocenters. The van der Waals surface area contributed by atoms with E-state index in [1.54, 1.807) is 18.0 Å². The SMILES string of the molecule is CN(C(=O)Nc1cc(Br)cc(C(=O)O)c1)C1CCCC1. The minimum atomic E-state index is -1.02. The second-order valence-electron chi connectivity index (χ2n) is 5.01. The third-order valence-corrected chi connectivity index (χ3v) is 4.05. The average molecular weight is 341 g/mol. The van der Waals surface area contributed by atoms with Gasteiger partial charge in [0.2, 0.25) is 0 Å². The van der Waals surface area contributed by atoms with Crippen LogP contribution in [0.3, 0.4) is 0 Å². The molecule has 6 heteroatoms. The summed E-state index contributed by atoms with van der Waals surface area (Å²) in [6, 6.07) is 4.71. The van der Waals surface area contributed by atoms with E-state index in [2.05, 4.69) is 21.2 Å². The fraction of sp³-hybridized carbons (Fsp3) is 0.429. The highest BCUT2D eigenvalue weighted by molar-refractivity contribution is 9.10. The monoisotopic (exact) mass is 340 g/mol. The molecule has 2 rings (SSSR count). The van der Waals surface area contributed by atoms with E-state index in [1.165, 1.54) is 12.1 Å². The number of hydrogen-bond donors (Lipinski definition) is 2. The van der Waals surface area contributed by atoms with Gasteiger partial charge in [-0.15, -0.1) is 0 Å². The Morgan fingerprint density at radius 2 is 1.95 bits per heavy atom. The zero-order chi connectivity index (χ0) is 14.7. The second kappa shape index (κ2) is 6.26. The fourth-order valence-electron chi connectivity index (χ4n) is 2.45. The minimum absolute atomic E-state index is 0.137. The number of carbonyl (C=O) groups excluding carboxylic acids is 1. The van der Waals surface area contributed by atoms with Crippen molar-refractivity contribution >= 4 is 33.6 Å². The first-order valence-electron chi connectivity index (χ1n) is 6.55. The molecule has 0 aliphatic heterocycles. The molecule has 2 amide bonds. The molecule has 2 N–H and O–H groups in total. The number of carboxylic acids is 1. The van der Waals surface area contributed by atoms with Crippen LogP contribution in [0.4, 0.5) is 10.5 Å². The Kier molecular flexibility index (Phi) is 4.65. The molecular formula is C14H17BrN2O3. The molecule has 20 heavy (non-hydrogen) atoms. The Morgan fingerprint density at radius 1 is 1.30 bits per heavy atom. The van der Waals surface area contributed by atoms with Gasteiger partial charge in [0.25, 0.3) is 0 Å². The number of halogens is 1. The molecule has 0 unspecified atom stereocenters. The maximum atomic E-state index is 12.1. The molecule has 108 valence electrons. The van der Waals surface area contributed by atoms with Crippen LogP contribution in [0, 0.1) is 0 Å². The predicted molar refractivity (Wildman–Crippen MR) is 80.1 cm³/mol. The van der Waals surface area contributed by atoms with Gasteiger partial charge in [-0.25, -0.2) is 9.59 Å². The van der Waals surface area contributed by atoms with Crippen LogP contribution >= 0.6 is 15.9 Å². The zero-order valence-electron chi connectivity index (χ0n) is 11.2. The van der Waals surface area contributed by atoms with Gasteiger partial charge in [0.15, 0.2) is 0 Å². The largest absolute Gasteiger partial charge is 0.478 e. The van der Waals surface area contributed by atoms with Crippen molar-refractivity contribution in [2.45, 2.75) is 31.7 Å². The van der Waals surface area contributed by atoms with Crippen molar-refractivity contribution < 1.29 is 14.7 Å². The van der Waals surface area contributed by atoms with E-state index in [0.717, 1.165) is 25.7 Å². The molecule has 1 aromatic carbocycles. The van der Waals surface area contributed by atoms with Crippen LogP contribution in [0.25, 0.3) is 0 Å². The third-order valence-electron chi connectivity index (χ3n) is 3.59. The molecule has 0 radical (unpaired) electrons. The van der Waals surface area contributed by atoms with Crippen LogP contribution < -0.4 is 5.32 Å². The molecule has 0 aromatic heterocycles. The number of nitrogens with zero attached hydrogens (tertiary/aromatic N) is 1. The van der Waals surface area contributed by atoms with Crippen molar-refractivity contribution in [3.63, 3.8) is 0 Å². The molecule has 0 saturated heterocycles. The Bertz CT molecular complexity index is 527. The second-order valence-corrected chi connectivity index (χ2v) is 5.93. The number of amides is 2. The van der Waals surface area contributed by atoms with Crippen LogP contribution in [0.15, 0.2) is 22.7 Å². The van der Waals surface area contributed by atoms with Gasteiger partial charge in [-0.2, -0.15) is 0 Å². The lowest BCUT2D eigenvalue weighted by Crippen LogP contribution is -2.38. The van der Waals surface area contributed by atoms with Crippen molar-refractivity contribution in [1.29, 1.82) is 0 Å². The summed E-state index contributed by atoms with van der Waals surface area (Å²) in [6.07, 6.45) is 4.37. The van der Waals surface area contributed by atoms with E-state index in [1.807, 2.05) is 0 Å². The Morgan fingerprint density at radius 3 is 2.55 bits per heavy atom. The topological polar surface area (TPSA) is 69.6 Å². The summed E-state index contributed by atoms with van der Waals surface area (Å²) in [5.41, 5.74) is 0.616. The first-order valence-corrected chi connectivity index (χ1v) is 7.34. The molecule has 1 aliphatic rings. The lowest BCUT2D eigenvalue weighted by Gasteiger charge is -2.24. The molecular weight excluding hydrogens is 324 g/mol. The molecule has 1 aromatic rings. The number of benzene rings is 1. The fourth-order valence-corrected chi connectivity index (χ4v) is 2.95. The third kappa shape index (κ3) is 3.50. The molecule has 1 aliphatic carbocycles.